The third-order valence-electron chi connectivity index (χ3n) is 4.83. The average Bonchev–Trinajstić information content (AvgIpc) is 2.69. The van der Waals surface area contributed by atoms with Gasteiger partial charge < -0.3 is 10.1 Å². The summed E-state index contributed by atoms with van der Waals surface area (Å²) in [7, 11) is -2.00. The number of aryl methyl sites for hydroxylation is 1. The summed E-state index contributed by atoms with van der Waals surface area (Å²) in [4.78, 5) is 12.5. The van der Waals surface area contributed by atoms with Crippen molar-refractivity contribution in [1.29, 1.82) is 0 Å². The second-order valence-electron chi connectivity index (χ2n) is 7.00. The van der Waals surface area contributed by atoms with Crippen molar-refractivity contribution in [3.63, 3.8) is 0 Å². The lowest BCUT2D eigenvalue weighted by molar-refractivity contribution is -0.121. The summed E-state index contributed by atoms with van der Waals surface area (Å²) >= 11 is 0. The Morgan fingerprint density at radius 1 is 1.14 bits per heavy atom. The fraction of sp³-hybridized carbons (Fsp3) is 0.409. The smallest absolute Gasteiger partial charge is 0.232 e. The standard InChI is InChI=1S/C22H30N2O4S/c1-5-19(18-12-7-6-11-17(18)2)23-22(25)15-10-16-24(29(4,26)27)20-13-8-9-14-21(20)28-3/h6-9,11-14,19H,5,10,15-16H2,1-4H3,(H,23,25)/t19-/m1/s1. The van der Waals surface area contributed by atoms with Crippen LogP contribution in [0.4, 0.5) is 5.69 Å². The molecule has 0 fully saturated rings. The van der Waals surface area contributed by atoms with Gasteiger partial charge in [-0.25, -0.2) is 8.42 Å². The molecule has 6 nitrogen and oxygen atoms in total. The highest BCUT2D eigenvalue weighted by Crippen LogP contribution is 2.29. The van der Waals surface area contributed by atoms with Gasteiger partial charge in [0.2, 0.25) is 15.9 Å². The number of methoxy groups -OCH3 is 1. The minimum absolute atomic E-state index is 0.0519. The van der Waals surface area contributed by atoms with E-state index in [1.807, 2.05) is 38.1 Å². The SMILES string of the molecule is CC[C@@H](NC(=O)CCCN(c1ccccc1OC)S(C)(=O)=O)c1ccccc1C. The molecular formula is C22H30N2O4S. The van der Waals surface area contributed by atoms with Crippen LogP contribution in [0, 0.1) is 6.92 Å². The monoisotopic (exact) mass is 418 g/mol. The van der Waals surface area contributed by atoms with E-state index in [0.29, 0.717) is 17.9 Å². The fourth-order valence-corrected chi connectivity index (χ4v) is 4.30. The molecule has 1 N–H and O–H groups in total. The zero-order valence-electron chi connectivity index (χ0n) is 17.5. The molecule has 0 heterocycles. The number of nitrogens with one attached hydrogen (secondary N) is 1. The Balaban J connectivity index is 2.02. The first kappa shape index (κ1) is 22.7. The van der Waals surface area contributed by atoms with Crippen molar-refractivity contribution >= 4 is 21.6 Å². The molecular weight excluding hydrogens is 388 g/mol. The van der Waals surface area contributed by atoms with Crippen LogP contribution in [-0.4, -0.2) is 34.2 Å². The molecule has 0 radical (unpaired) electrons. The van der Waals surface area contributed by atoms with Crippen LogP contribution < -0.4 is 14.4 Å². The molecule has 0 saturated heterocycles. The number of hydrogen-bond donors (Lipinski definition) is 1. The second kappa shape index (κ2) is 10.3. The van der Waals surface area contributed by atoms with Gasteiger partial charge in [-0.2, -0.15) is 0 Å². The Morgan fingerprint density at radius 3 is 2.41 bits per heavy atom. The molecule has 2 aromatic rings. The highest BCUT2D eigenvalue weighted by Gasteiger charge is 2.21. The van der Waals surface area contributed by atoms with E-state index in [2.05, 4.69) is 5.32 Å². The Labute approximate surface area is 173 Å². The van der Waals surface area contributed by atoms with Crippen LogP contribution in [0.1, 0.15) is 43.4 Å². The number of para-hydroxylation sites is 2. The quantitative estimate of drug-likeness (QED) is 0.636. The Morgan fingerprint density at radius 2 is 1.79 bits per heavy atom. The number of nitrogens with zero attached hydrogens (tertiary/aromatic N) is 1. The molecule has 0 spiro atoms. The number of carbonyl (C=O) groups excluding carboxylic acids is 1. The van der Waals surface area contributed by atoms with E-state index in [1.165, 1.54) is 11.4 Å². The summed E-state index contributed by atoms with van der Waals surface area (Å²) < 4.78 is 31.2. The molecule has 0 aliphatic rings. The lowest BCUT2D eigenvalue weighted by atomic mass is 9.99. The summed E-state index contributed by atoms with van der Waals surface area (Å²) in [5.74, 6) is 0.390. The molecule has 0 aliphatic heterocycles. The molecule has 1 amide bonds. The van der Waals surface area contributed by atoms with Gasteiger partial charge in [0.25, 0.3) is 0 Å². The van der Waals surface area contributed by atoms with Crippen LogP contribution in [0.25, 0.3) is 0 Å². The van der Waals surface area contributed by atoms with Gasteiger partial charge in [0.05, 0.1) is 25.1 Å². The van der Waals surface area contributed by atoms with Crippen molar-refractivity contribution in [2.45, 2.75) is 39.2 Å². The summed E-state index contributed by atoms with van der Waals surface area (Å²) in [6.07, 6.45) is 2.59. The lowest BCUT2D eigenvalue weighted by Gasteiger charge is -2.24. The first-order chi connectivity index (χ1) is 13.8. The van der Waals surface area contributed by atoms with Gasteiger partial charge in [-0.05, 0) is 43.0 Å². The minimum atomic E-state index is -3.50. The molecule has 0 aliphatic carbocycles. The first-order valence-corrected chi connectivity index (χ1v) is 11.6. The predicted molar refractivity (Wildman–Crippen MR) is 117 cm³/mol. The normalized spacial score (nSPS) is 12.3. The third-order valence-corrected chi connectivity index (χ3v) is 6.01. The fourth-order valence-electron chi connectivity index (χ4n) is 3.33. The van der Waals surface area contributed by atoms with E-state index < -0.39 is 10.0 Å². The molecule has 2 rings (SSSR count). The van der Waals surface area contributed by atoms with Gasteiger partial charge in [-0.1, -0.05) is 43.3 Å². The predicted octanol–water partition coefficient (Wildman–Crippen LogP) is 3.82. The summed E-state index contributed by atoms with van der Waals surface area (Å²) in [5, 5.41) is 3.07. The van der Waals surface area contributed by atoms with Gasteiger partial charge in [-0.3, -0.25) is 9.10 Å². The van der Waals surface area contributed by atoms with E-state index in [4.69, 9.17) is 4.74 Å². The molecule has 2 aromatic carbocycles. The largest absolute Gasteiger partial charge is 0.495 e. The number of amides is 1. The van der Waals surface area contributed by atoms with Crippen molar-refractivity contribution in [2.75, 3.05) is 24.2 Å². The number of sulfonamides is 1. The first-order valence-electron chi connectivity index (χ1n) is 9.73. The highest BCUT2D eigenvalue weighted by atomic mass is 32.2. The van der Waals surface area contributed by atoms with Crippen molar-refractivity contribution in [2.24, 2.45) is 0 Å². The maximum atomic E-state index is 12.5. The van der Waals surface area contributed by atoms with Gasteiger partial charge in [0.1, 0.15) is 5.75 Å². The average molecular weight is 419 g/mol. The van der Waals surface area contributed by atoms with Crippen LogP contribution in [0.5, 0.6) is 5.75 Å². The van der Waals surface area contributed by atoms with Crippen LogP contribution >= 0.6 is 0 Å². The summed E-state index contributed by atoms with van der Waals surface area (Å²) in [6.45, 7) is 4.26. The zero-order valence-corrected chi connectivity index (χ0v) is 18.3. The van der Waals surface area contributed by atoms with Gasteiger partial charge >= 0.3 is 0 Å². The summed E-state index contributed by atoms with van der Waals surface area (Å²) in [6, 6.07) is 14.9. The van der Waals surface area contributed by atoms with E-state index >= 15 is 0 Å². The molecule has 0 unspecified atom stereocenters. The Hall–Kier alpha value is -2.54. The maximum absolute atomic E-state index is 12.5. The number of carbonyl (C=O) groups is 1. The highest BCUT2D eigenvalue weighted by molar-refractivity contribution is 7.92. The molecule has 158 valence electrons. The molecule has 7 heteroatoms. The molecule has 29 heavy (non-hydrogen) atoms. The van der Waals surface area contributed by atoms with Crippen LogP contribution in [0.15, 0.2) is 48.5 Å². The van der Waals surface area contributed by atoms with Crippen molar-refractivity contribution in [1.82, 2.24) is 5.32 Å². The maximum Gasteiger partial charge on any atom is 0.232 e. The van der Waals surface area contributed by atoms with Crippen molar-refractivity contribution in [3.05, 3.63) is 59.7 Å². The van der Waals surface area contributed by atoms with E-state index in [1.54, 1.807) is 24.3 Å². The second-order valence-corrected chi connectivity index (χ2v) is 8.90. The number of benzene rings is 2. The van der Waals surface area contributed by atoms with E-state index in [0.717, 1.165) is 23.8 Å². The van der Waals surface area contributed by atoms with E-state index in [-0.39, 0.29) is 24.9 Å². The molecule has 1 atom stereocenters. The Bertz CT molecular complexity index is 928. The van der Waals surface area contributed by atoms with E-state index in [9.17, 15) is 13.2 Å². The third kappa shape index (κ3) is 6.22. The molecule has 0 bridgehead atoms. The van der Waals surface area contributed by atoms with Crippen LogP contribution in [0.2, 0.25) is 0 Å². The Kier molecular flexibility index (Phi) is 8.08. The summed E-state index contributed by atoms with van der Waals surface area (Å²) in [5.41, 5.74) is 2.72. The number of ether oxygens (including phenoxy) is 1. The lowest BCUT2D eigenvalue weighted by Crippen LogP contribution is -2.33. The number of anilines is 1. The van der Waals surface area contributed by atoms with Crippen molar-refractivity contribution < 1.29 is 17.9 Å². The van der Waals surface area contributed by atoms with Crippen LogP contribution in [-0.2, 0) is 14.8 Å². The number of rotatable bonds is 10. The molecule has 0 aromatic heterocycles. The number of hydrogen-bond acceptors (Lipinski definition) is 4. The van der Waals surface area contributed by atoms with Gasteiger partial charge in [-0.15, -0.1) is 0 Å². The van der Waals surface area contributed by atoms with Crippen LogP contribution in [0.3, 0.4) is 0 Å². The van der Waals surface area contributed by atoms with Gasteiger partial charge in [0.15, 0.2) is 0 Å². The minimum Gasteiger partial charge on any atom is -0.495 e. The molecule has 0 saturated carbocycles. The van der Waals surface area contributed by atoms with Crippen molar-refractivity contribution in [3.8, 4) is 5.75 Å². The zero-order chi connectivity index (χ0) is 21.4. The van der Waals surface area contributed by atoms with Gasteiger partial charge in [0, 0.05) is 13.0 Å². The topological polar surface area (TPSA) is 75.7 Å².